The van der Waals surface area contributed by atoms with E-state index in [2.05, 4.69) is 15.9 Å². The van der Waals surface area contributed by atoms with Gasteiger partial charge in [0.1, 0.15) is 5.92 Å². The molecule has 2 amide bonds. The summed E-state index contributed by atoms with van der Waals surface area (Å²) in [4.78, 5) is 34.5. The second-order valence-electron chi connectivity index (χ2n) is 8.07. The number of hydrogen-bond donors (Lipinski definition) is 0. The first-order valence-corrected chi connectivity index (χ1v) is 11.0. The summed E-state index contributed by atoms with van der Waals surface area (Å²) < 4.78 is 0.907. The van der Waals surface area contributed by atoms with E-state index >= 15 is 0 Å². The fraction of sp³-hybridized carbons (Fsp3) is 0.200. The van der Waals surface area contributed by atoms with Crippen LogP contribution in [0.2, 0.25) is 0 Å². The van der Waals surface area contributed by atoms with Gasteiger partial charge in [0.2, 0.25) is 5.91 Å². The van der Waals surface area contributed by atoms with Crippen molar-refractivity contribution in [1.29, 1.82) is 0 Å². The van der Waals surface area contributed by atoms with Crippen LogP contribution in [0.15, 0.2) is 77.3 Å². The molecule has 2 saturated heterocycles. The minimum atomic E-state index is -0.863. The highest BCUT2D eigenvalue weighted by molar-refractivity contribution is 9.10. The van der Waals surface area contributed by atoms with Gasteiger partial charge >= 0.3 is 0 Å². The van der Waals surface area contributed by atoms with Gasteiger partial charge in [-0.2, -0.15) is 0 Å². The van der Waals surface area contributed by atoms with E-state index in [0.29, 0.717) is 5.69 Å². The number of aryl methyl sites for hydroxylation is 2. The molecule has 0 N–H and O–H groups in total. The number of fused-ring (bicyclic) bond motifs is 1. The molecule has 3 aromatic carbocycles. The summed E-state index contributed by atoms with van der Waals surface area (Å²) in [6, 6.07) is 22.7. The highest BCUT2D eigenvalue weighted by atomic mass is 79.9. The second kappa shape index (κ2) is 7.62. The molecule has 0 saturated carbocycles. The van der Waals surface area contributed by atoms with Gasteiger partial charge < -0.3 is 0 Å². The number of anilines is 2. The topological polar surface area (TPSA) is 49.9 Å². The molecule has 2 aliphatic rings. The lowest BCUT2D eigenvalue weighted by Crippen LogP contribution is -2.37. The fourth-order valence-corrected chi connectivity index (χ4v) is 4.99. The molecule has 6 heteroatoms. The Morgan fingerprint density at radius 1 is 0.806 bits per heavy atom. The Kier molecular flexibility index (Phi) is 4.91. The Morgan fingerprint density at radius 2 is 1.52 bits per heavy atom. The normalized spacial score (nSPS) is 22.9. The maximum absolute atomic E-state index is 13.7. The monoisotopic (exact) mass is 476 g/mol. The molecule has 0 unspecified atom stereocenters. The molecule has 2 heterocycles. The van der Waals surface area contributed by atoms with Crippen molar-refractivity contribution >= 4 is 39.1 Å². The van der Waals surface area contributed by atoms with Crippen LogP contribution < -0.4 is 9.96 Å². The van der Waals surface area contributed by atoms with Gasteiger partial charge in [-0.1, -0.05) is 52.3 Å². The van der Waals surface area contributed by atoms with Crippen LogP contribution in [-0.4, -0.2) is 17.9 Å². The molecule has 0 bridgehead atoms. The Bertz CT molecular complexity index is 1160. The van der Waals surface area contributed by atoms with E-state index in [9.17, 15) is 9.59 Å². The Hall–Kier alpha value is -2.96. The van der Waals surface area contributed by atoms with Gasteiger partial charge in [-0.15, -0.1) is 0 Å². The Balaban J connectivity index is 1.60. The summed E-state index contributed by atoms with van der Waals surface area (Å²) in [5, 5.41) is 1.71. The number of rotatable bonds is 3. The molecule has 0 aromatic heterocycles. The molecule has 5 rings (SSSR count). The maximum Gasteiger partial charge on any atom is 0.266 e. The summed E-state index contributed by atoms with van der Waals surface area (Å²) in [7, 11) is 0. The summed E-state index contributed by atoms with van der Waals surface area (Å²) in [5.74, 6) is -1.19. The van der Waals surface area contributed by atoms with Crippen molar-refractivity contribution in [2.75, 3.05) is 9.96 Å². The number of imide groups is 1. The standard InChI is InChI=1S/C25H21BrN2O3/c1-15-11-16(2)13-20(12-15)27-24(29)21-22(17-7-6-8-18(26)14-17)28(31-23(21)25(27)30)19-9-4-3-5-10-19/h3-14,21-23H,1-2H3/t21-,22-,23+/m0/s1. The molecule has 0 aliphatic carbocycles. The van der Waals surface area contributed by atoms with Crippen LogP contribution in [-0.2, 0) is 14.4 Å². The van der Waals surface area contributed by atoms with E-state index in [1.807, 2.05) is 86.6 Å². The minimum absolute atomic E-state index is 0.233. The second-order valence-corrected chi connectivity index (χ2v) is 8.99. The third kappa shape index (κ3) is 3.36. The number of halogens is 1. The molecule has 2 fully saturated rings. The Morgan fingerprint density at radius 3 is 2.19 bits per heavy atom. The molecule has 31 heavy (non-hydrogen) atoms. The number of nitrogens with zero attached hydrogens (tertiary/aromatic N) is 2. The quantitative estimate of drug-likeness (QED) is 0.492. The molecule has 2 aliphatic heterocycles. The molecule has 156 valence electrons. The van der Waals surface area contributed by atoms with E-state index < -0.39 is 18.1 Å². The Labute approximate surface area is 189 Å². The first-order valence-electron chi connectivity index (χ1n) is 10.2. The van der Waals surface area contributed by atoms with Crippen molar-refractivity contribution in [1.82, 2.24) is 0 Å². The lowest BCUT2D eigenvalue weighted by atomic mass is 9.90. The molecule has 0 spiro atoms. The van der Waals surface area contributed by atoms with Crippen LogP contribution in [0.25, 0.3) is 0 Å². The first kappa shape index (κ1) is 20.0. The smallest absolute Gasteiger partial charge is 0.266 e. The number of para-hydroxylation sites is 1. The fourth-order valence-electron chi connectivity index (χ4n) is 4.58. The van der Waals surface area contributed by atoms with Gasteiger partial charge in [-0.05, 0) is 66.9 Å². The molecular formula is C25H21BrN2O3. The maximum atomic E-state index is 13.7. The van der Waals surface area contributed by atoms with Crippen LogP contribution >= 0.6 is 15.9 Å². The number of benzene rings is 3. The first-order chi connectivity index (χ1) is 14.9. The number of amides is 2. The summed E-state index contributed by atoms with van der Waals surface area (Å²) >= 11 is 3.53. The third-order valence-electron chi connectivity index (χ3n) is 5.78. The minimum Gasteiger partial charge on any atom is -0.273 e. The van der Waals surface area contributed by atoms with E-state index in [-0.39, 0.29) is 11.8 Å². The molecule has 3 atom stereocenters. The van der Waals surface area contributed by atoms with Crippen molar-refractivity contribution in [3.05, 3.63) is 94.0 Å². The molecule has 3 aromatic rings. The van der Waals surface area contributed by atoms with Crippen LogP contribution in [0.4, 0.5) is 11.4 Å². The van der Waals surface area contributed by atoms with Gasteiger partial charge in [-0.3, -0.25) is 14.4 Å². The van der Waals surface area contributed by atoms with Crippen molar-refractivity contribution < 1.29 is 14.4 Å². The van der Waals surface area contributed by atoms with Gasteiger partial charge in [0, 0.05) is 4.47 Å². The lowest BCUT2D eigenvalue weighted by Gasteiger charge is -2.29. The summed E-state index contributed by atoms with van der Waals surface area (Å²) in [6.45, 7) is 3.92. The number of hydrogen-bond acceptors (Lipinski definition) is 4. The van der Waals surface area contributed by atoms with Crippen molar-refractivity contribution in [2.24, 2.45) is 5.92 Å². The zero-order chi connectivity index (χ0) is 21.7. The van der Waals surface area contributed by atoms with Crippen LogP contribution in [0, 0.1) is 19.8 Å². The van der Waals surface area contributed by atoms with E-state index in [1.165, 1.54) is 4.90 Å². The van der Waals surface area contributed by atoms with Crippen molar-refractivity contribution in [3.8, 4) is 0 Å². The van der Waals surface area contributed by atoms with Gasteiger partial charge in [-0.25, -0.2) is 9.96 Å². The third-order valence-corrected chi connectivity index (χ3v) is 6.27. The summed E-state index contributed by atoms with van der Waals surface area (Å²) in [6.07, 6.45) is -0.863. The van der Waals surface area contributed by atoms with Crippen LogP contribution in [0.5, 0.6) is 0 Å². The number of hydroxylamine groups is 1. The van der Waals surface area contributed by atoms with E-state index in [1.54, 1.807) is 5.06 Å². The zero-order valence-corrected chi connectivity index (χ0v) is 18.7. The SMILES string of the molecule is Cc1cc(C)cc(N2C(=O)[C@@H]3[C@@H](ON(c4ccccc4)[C@H]3c3cccc(Br)c3)C2=O)c1. The van der Waals surface area contributed by atoms with Crippen molar-refractivity contribution in [3.63, 3.8) is 0 Å². The molecule has 5 nitrogen and oxygen atoms in total. The van der Waals surface area contributed by atoms with Gasteiger partial charge in [0.25, 0.3) is 5.91 Å². The zero-order valence-electron chi connectivity index (χ0n) is 17.2. The average molecular weight is 477 g/mol. The van der Waals surface area contributed by atoms with Gasteiger partial charge in [0.15, 0.2) is 6.10 Å². The van der Waals surface area contributed by atoms with Gasteiger partial charge in [0.05, 0.1) is 17.4 Å². The predicted octanol–water partition coefficient (Wildman–Crippen LogP) is 5.12. The lowest BCUT2D eigenvalue weighted by molar-refractivity contribution is -0.126. The van der Waals surface area contributed by atoms with Crippen LogP contribution in [0.3, 0.4) is 0 Å². The van der Waals surface area contributed by atoms with Crippen LogP contribution in [0.1, 0.15) is 22.7 Å². The number of carbonyl (C=O) groups is 2. The average Bonchev–Trinajstić information content (AvgIpc) is 3.24. The van der Waals surface area contributed by atoms with E-state index in [4.69, 9.17) is 4.84 Å². The van der Waals surface area contributed by atoms with E-state index in [0.717, 1.165) is 26.9 Å². The highest BCUT2D eigenvalue weighted by Gasteiger charge is 2.60. The number of carbonyl (C=O) groups excluding carboxylic acids is 2. The largest absolute Gasteiger partial charge is 0.273 e. The molecular weight excluding hydrogens is 456 g/mol. The molecule has 0 radical (unpaired) electrons. The predicted molar refractivity (Wildman–Crippen MR) is 123 cm³/mol. The highest BCUT2D eigenvalue weighted by Crippen LogP contribution is 2.47. The summed E-state index contributed by atoms with van der Waals surface area (Å²) in [5.41, 5.74) is 4.32. The van der Waals surface area contributed by atoms with Crippen molar-refractivity contribution in [2.45, 2.75) is 26.0 Å².